The van der Waals surface area contributed by atoms with Crippen LogP contribution in [0.1, 0.15) is 52.8 Å². The van der Waals surface area contributed by atoms with Crippen molar-refractivity contribution in [2.75, 3.05) is 13.7 Å². The first-order chi connectivity index (χ1) is 10.1. The van der Waals surface area contributed by atoms with Gasteiger partial charge in [0.25, 0.3) is 0 Å². The monoisotopic (exact) mass is 296 g/mol. The first-order valence-electron chi connectivity index (χ1n) is 8.19. The third-order valence-electron chi connectivity index (χ3n) is 3.67. The SMILES string of the molecule is CCCNC(CCC(C)OC)Cc1ncnn1CC(C)C. The molecule has 0 fully saturated rings. The third-order valence-corrected chi connectivity index (χ3v) is 3.67. The van der Waals surface area contributed by atoms with Crippen LogP contribution in [0.2, 0.25) is 0 Å². The molecular weight excluding hydrogens is 264 g/mol. The van der Waals surface area contributed by atoms with Crippen LogP contribution in [0.25, 0.3) is 0 Å². The van der Waals surface area contributed by atoms with Crippen molar-refractivity contribution in [3.63, 3.8) is 0 Å². The lowest BCUT2D eigenvalue weighted by Crippen LogP contribution is -2.34. The van der Waals surface area contributed by atoms with E-state index in [-0.39, 0.29) is 0 Å². The van der Waals surface area contributed by atoms with E-state index < -0.39 is 0 Å². The van der Waals surface area contributed by atoms with Crippen LogP contribution in [0.5, 0.6) is 0 Å². The maximum Gasteiger partial charge on any atom is 0.138 e. The van der Waals surface area contributed by atoms with Crippen LogP contribution in [0.4, 0.5) is 0 Å². The molecule has 0 aliphatic rings. The Balaban J connectivity index is 2.60. The van der Waals surface area contributed by atoms with Gasteiger partial charge in [0.1, 0.15) is 12.2 Å². The van der Waals surface area contributed by atoms with Crippen LogP contribution >= 0.6 is 0 Å². The predicted molar refractivity (Wildman–Crippen MR) is 86.4 cm³/mol. The molecule has 1 aromatic heterocycles. The van der Waals surface area contributed by atoms with Gasteiger partial charge in [-0.25, -0.2) is 9.67 Å². The number of aromatic nitrogens is 3. The van der Waals surface area contributed by atoms with E-state index in [2.05, 4.69) is 43.1 Å². The molecule has 5 nitrogen and oxygen atoms in total. The zero-order valence-electron chi connectivity index (χ0n) is 14.3. The summed E-state index contributed by atoms with van der Waals surface area (Å²) in [7, 11) is 1.78. The Hall–Kier alpha value is -0.940. The van der Waals surface area contributed by atoms with Crippen molar-refractivity contribution in [3.8, 4) is 0 Å². The Morgan fingerprint density at radius 2 is 2.05 bits per heavy atom. The predicted octanol–water partition coefficient (Wildman–Crippen LogP) is 2.66. The Kier molecular flexibility index (Phi) is 8.54. The summed E-state index contributed by atoms with van der Waals surface area (Å²) < 4.78 is 7.40. The fourth-order valence-electron chi connectivity index (χ4n) is 2.34. The lowest BCUT2D eigenvalue weighted by Gasteiger charge is -2.20. The molecule has 2 unspecified atom stereocenters. The largest absolute Gasteiger partial charge is 0.382 e. The van der Waals surface area contributed by atoms with Gasteiger partial charge in [-0.05, 0) is 38.6 Å². The topological polar surface area (TPSA) is 52.0 Å². The zero-order valence-corrected chi connectivity index (χ0v) is 14.3. The molecule has 5 heteroatoms. The lowest BCUT2D eigenvalue weighted by atomic mass is 10.0. The highest BCUT2D eigenvalue weighted by Gasteiger charge is 2.15. The van der Waals surface area contributed by atoms with Gasteiger partial charge in [-0.15, -0.1) is 0 Å². The molecule has 0 bridgehead atoms. The van der Waals surface area contributed by atoms with Crippen molar-refractivity contribution in [3.05, 3.63) is 12.2 Å². The highest BCUT2D eigenvalue weighted by Crippen LogP contribution is 2.10. The Labute approximate surface area is 129 Å². The number of rotatable bonds is 11. The molecule has 0 saturated heterocycles. The van der Waals surface area contributed by atoms with Crippen molar-refractivity contribution in [1.29, 1.82) is 0 Å². The lowest BCUT2D eigenvalue weighted by molar-refractivity contribution is 0.106. The van der Waals surface area contributed by atoms with Crippen LogP contribution in [-0.4, -0.2) is 40.6 Å². The molecule has 0 saturated carbocycles. The number of nitrogens with one attached hydrogen (secondary N) is 1. The van der Waals surface area contributed by atoms with E-state index in [0.29, 0.717) is 18.1 Å². The summed E-state index contributed by atoms with van der Waals surface area (Å²) in [4.78, 5) is 4.44. The van der Waals surface area contributed by atoms with Crippen LogP contribution in [-0.2, 0) is 17.7 Å². The van der Waals surface area contributed by atoms with Gasteiger partial charge >= 0.3 is 0 Å². The van der Waals surface area contributed by atoms with Crippen molar-refractivity contribution in [1.82, 2.24) is 20.1 Å². The van der Waals surface area contributed by atoms with Crippen molar-refractivity contribution in [2.45, 2.75) is 72.1 Å². The third kappa shape index (κ3) is 7.05. The number of hydrogen-bond donors (Lipinski definition) is 1. The van der Waals surface area contributed by atoms with Gasteiger partial charge in [-0.1, -0.05) is 20.8 Å². The van der Waals surface area contributed by atoms with E-state index in [1.165, 1.54) is 0 Å². The van der Waals surface area contributed by atoms with E-state index in [1.807, 2.05) is 4.68 Å². The Bertz CT molecular complexity index is 378. The summed E-state index contributed by atoms with van der Waals surface area (Å²) in [6.45, 7) is 10.7. The second-order valence-electron chi connectivity index (χ2n) is 6.23. The normalized spacial score (nSPS) is 14.6. The second kappa shape index (κ2) is 9.90. The first-order valence-corrected chi connectivity index (χ1v) is 8.19. The van der Waals surface area contributed by atoms with Gasteiger partial charge < -0.3 is 10.1 Å². The van der Waals surface area contributed by atoms with E-state index >= 15 is 0 Å². The van der Waals surface area contributed by atoms with Crippen LogP contribution < -0.4 is 5.32 Å². The Morgan fingerprint density at radius 1 is 1.29 bits per heavy atom. The summed E-state index contributed by atoms with van der Waals surface area (Å²) in [6.07, 6.45) is 6.23. The molecule has 1 rings (SSSR count). The van der Waals surface area contributed by atoms with E-state index in [4.69, 9.17) is 4.74 Å². The van der Waals surface area contributed by atoms with E-state index in [0.717, 1.165) is 44.6 Å². The average Bonchev–Trinajstić information content (AvgIpc) is 2.87. The Morgan fingerprint density at radius 3 is 2.67 bits per heavy atom. The minimum Gasteiger partial charge on any atom is -0.382 e. The maximum atomic E-state index is 5.36. The maximum absolute atomic E-state index is 5.36. The van der Waals surface area contributed by atoms with Crippen molar-refractivity contribution in [2.24, 2.45) is 5.92 Å². The van der Waals surface area contributed by atoms with Crippen LogP contribution in [0.3, 0.4) is 0 Å². The molecule has 0 radical (unpaired) electrons. The summed E-state index contributed by atoms with van der Waals surface area (Å²) in [5.74, 6) is 1.67. The van der Waals surface area contributed by atoms with Crippen LogP contribution in [0.15, 0.2) is 6.33 Å². The smallest absolute Gasteiger partial charge is 0.138 e. The highest BCUT2D eigenvalue weighted by molar-refractivity contribution is 4.90. The molecule has 1 N–H and O–H groups in total. The molecule has 1 aromatic rings. The van der Waals surface area contributed by atoms with Gasteiger partial charge in [0.15, 0.2) is 0 Å². The number of ether oxygens (including phenoxy) is 1. The number of methoxy groups -OCH3 is 1. The first kappa shape index (κ1) is 18.1. The molecule has 0 aliphatic heterocycles. The number of nitrogens with zero attached hydrogens (tertiary/aromatic N) is 3. The summed E-state index contributed by atoms with van der Waals surface area (Å²) in [5.41, 5.74) is 0. The minimum absolute atomic E-state index is 0.310. The minimum atomic E-state index is 0.310. The number of hydrogen-bond acceptors (Lipinski definition) is 4. The molecule has 122 valence electrons. The van der Waals surface area contributed by atoms with Gasteiger partial charge in [0, 0.05) is 26.1 Å². The van der Waals surface area contributed by atoms with Crippen molar-refractivity contribution < 1.29 is 4.74 Å². The second-order valence-corrected chi connectivity index (χ2v) is 6.23. The van der Waals surface area contributed by atoms with E-state index in [1.54, 1.807) is 13.4 Å². The summed E-state index contributed by atoms with van der Waals surface area (Å²) in [5, 5.41) is 7.99. The van der Waals surface area contributed by atoms with Crippen LogP contribution in [0, 0.1) is 5.92 Å². The molecule has 0 aliphatic carbocycles. The van der Waals surface area contributed by atoms with Gasteiger partial charge in [-0.3, -0.25) is 0 Å². The molecule has 2 atom stereocenters. The molecule has 0 spiro atoms. The summed E-state index contributed by atoms with van der Waals surface area (Å²) >= 11 is 0. The molecular formula is C16H32N4O. The molecule has 0 amide bonds. The standard InChI is InChI=1S/C16H32N4O/c1-6-9-17-15(8-7-14(4)21-5)10-16-18-12-19-20(16)11-13(2)3/h12-15,17H,6-11H2,1-5H3. The summed E-state index contributed by atoms with van der Waals surface area (Å²) in [6, 6.07) is 0.442. The van der Waals surface area contributed by atoms with Gasteiger partial charge in [0.2, 0.25) is 0 Å². The molecule has 1 heterocycles. The fraction of sp³-hybridized carbons (Fsp3) is 0.875. The molecule has 21 heavy (non-hydrogen) atoms. The molecule has 0 aromatic carbocycles. The quantitative estimate of drug-likeness (QED) is 0.682. The zero-order chi connectivity index (χ0) is 15.7. The van der Waals surface area contributed by atoms with Gasteiger partial charge in [-0.2, -0.15) is 5.10 Å². The van der Waals surface area contributed by atoms with Gasteiger partial charge in [0.05, 0.1) is 6.10 Å². The van der Waals surface area contributed by atoms with E-state index in [9.17, 15) is 0 Å². The fourth-order valence-corrected chi connectivity index (χ4v) is 2.34. The van der Waals surface area contributed by atoms with Crippen molar-refractivity contribution >= 4 is 0 Å². The average molecular weight is 296 g/mol. The highest BCUT2D eigenvalue weighted by atomic mass is 16.5.